The van der Waals surface area contributed by atoms with Crippen molar-refractivity contribution in [3.63, 3.8) is 0 Å². The summed E-state index contributed by atoms with van der Waals surface area (Å²) in [7, 11) is 6.78. The van der Waals surface area contributed by atoms with Gasteiger partial charge in [0.05, 0.1) is 47.6 Å². The highest BCUT2D eigenvalue weighted by molar-refractivity contribution is 5.83. The normalized spacial score (nSPS) is 48.3. The van der Waals surface area contributed by atoms with Crippen molar-refractivity contribution >= 4 is 11.8 Å². The lowest BCUT2D eigenvalue weighted by Gasteiger charge is -2.50. The van der Waals surface area contributed by atoms with Crippen molar-refractivity contribution in [2.24, 2.45) is 23.7 Å². The zero-order valence-corrected chi connectivity index (χ0v) is 34.6. The number of aliphatic hydroxyl groups is 4. The van der Waals surface area contributed by atoms with Gasteiger partial charge in [0.1, 0.15) is 29.7 Å². The lowest BCUT2D eigenvalue weighted by atomic mass is 9.73. The molecular formula is C39H71NO13. The number of nitrogens with zero attached hydrogens (tertiary/aromatic N) is 1. The third-order valence-corrected chi connectivity index (χ3v) is 12.4. The fraction of sp³-hybridized carbons (Fsp3) is 0.949. The highest BCUT2D eigenvalue weighted by atomic mass is 16.7. The Kier molecular flexibility index (Phi) is 15.9. The van der Waals surface area contributed by atoms with E-state index in [2.05, 4.69) is 0 Å². The number of esters is 1. The van der Waals surface area contributed by atoms with Gasteiger partial charge in [0.2, 0.25) is 0 Å². The van der Waals surface area contributed by atoms with Crippen LogP contribution in [0.2, 0.25) is 0 Å². The molecule has 53 heavy (non-hydrogen) atoms. The summed E-state index contributed by atoms with van der Waals surface area (Å²) < 4.78 is 44.1. The quantitative estimate of drug-likeness (QED) is 0.252. The van der Waals surface area contributed by atoms with Gasteiger partial charge in [-0.3, -0.25) is 9.59 Å². The molecule has 0 aromatic heterocycles. The SMILES string of the molecule is CCC[C@H]1OC(=O)[C@H](C)[C@@H](O[C@H]2C[C@@](C)(OC)[C@@H](O)[C@H](C)O2)[C@H](C)[C@@H](O[C@@H]2O[C@H](C)C[C@H](N(C)C)[C@H]2O)[C@](C)(OC)C[C@@H](C)C(=O)[C@H](C)[C@@H](O)[C@]1(C)O. The Morgan fingerprint density at radius 1 is 0.849 bits per heavy atom. The molecule has 0 amide bonds. The predicted octanol–water partition coefficient (Wildman–Crippen LogP) is 2.83. The fourth-order valence-corrected chi connectivity index (χ4v) is 8.70. The maximum atomic E-state index is 14.3. The zero-order chi connectivity index (χ0) is 40.4. The molecule has 18 atom stereocenters. The van der Waals surface area contributed by atoms with Crippen molar-refractivity contribution in [2.75, 3.05) is 28.3 Å². The van der Waals surface area contributed by atoms with Crippen LogP contribution in [0.1, 0.15) is 101 Å². The molecule has 3 aliphatic heterocycles. The molecule has 0 aliphatic carbocycles. The van der Waals surface area contributed by atoms with E-state index in [0.717, 1.165) is 0 Å². The second-order valence-electron chi connectivity index (χ2n) is 17.0. The Bertz CT molecular complexity index is 1200. The van der Waals surface area contributed by atoms with E-state index < -0.39 is 102 Å². The molecule has 3 rings (SSSR count). The van der Waals surface area contributed by atoms with E-state index in [1.165, 1.54) is 21.1 Å². The number of Topliss-reactive ketones (excluding diaryl/α,β-unsaturated/α-hetero) is 1. The summed E-state index contributed by atoms with van der Waals surface area (Å²) in [6, 6.07) is -0.284. The van der Waals surface area contributed by atoms with E-state index in [1.54, 1.807) is 41.5 Å². The lowest BCUT2D eigenvalue weighted by molar-refractivity contribution is -0.319. The van der Waals surface area contributed by atoms with Crippen molar-refractivity contribution < 1.29 is 63.2 Å². The smallest absolute Gasteiger partial charge is 0.311 e. The van der Waals surface area contributed by atoms with Gasteiger partial charge < -0.3 is 58.5 Å². The summed E-state index contributed by atoms with van der Waals surface area (Å²) in [5.41, 5.74) is -4.25. The number of hydrogen-bond donors (Lipinski definition) is 4. The summed E-state index contributed by atoms with van der Waals surface area (Å²) in [5.74, 6) is -4.45. The molecule has 0 bridgehead atoms. The molecule has 3 aliphatic rings. The lowest BCUT2D eigenvalue weighted by Crippen LogP contribution is -2.61. The van der Waals surface area contributed by atoms with Gasteiger partial charge in [0.25, 0.3) is 0 Å². The predicted molar refractivity (Wildman–Crippen MR) is 196 cm³/mol. The van der Waals surface area contributed by atoms with Gasteiger partial charge in [-0.2, -0.15) is 0 Å². The van der Waals surface area contributed by atoms with E-state index in [0.29, 0.717) is 12.8 Å². The summed E-state index contributed by atoms with van der Waals surface area (Å²) in [6.45, 7) is 17.3. The van der Waals surface area contributed by atoms with Gasteiger partial charge in [0.15, 0.2) is 12.6 Å². The van der Waals surface area contributed by atoms with Gasteiger partial charge in [-0.15, -0.1) is 0 Å². The van der Waals surface area contributed by atoms with E-state index in [4.69, 9.17) is 33.2 Å². The van der Waals surface area contributed by atoms with Crippen LogP contribution in [-0.4, -0.2) is 150 Å². The second-order valence-corrected chi connectivity index (χ2v) is 17.0. The molecule has 0 unspecified atom stereocenters. The van der Waals surface area contributed by atoms with E-state index in [9.17, 15) is 30.0 Å². The van der Waals surface area contributed by atoms with E-state index in [-0.39, 0.29) is 37.2 Å². The van der Waals surface area contributed by atoms with E-state index >= 15 is 0 Å². The van der Waals surface area contributed by atoms with E-state index in [1.807, 2.05) is 39.8 Å². The van der Waals surface area contributed by atoms with Crippen LogP contribution in [0, 0.1) is 23.7 Å². The van der Waals surface area contributed by atoms with Gasteiger partial charge in [-0.05, 0) is 74.9 Å². The number of ketones is 1. The van der Waals surface area contributed by atoms with Gasteiger partial charge in [0, 0.05) is 44.4 Å². The number of methoxy groups -OCH3 is 2. The molecule has 0 radical (unpaired) electrons. The van der Waals surface area contributed by atoms with Gasteiger partial charge >= 0.3 is 5.97 Å². The van der Waals surface area contributed by atoms with Gasteiger partial charge in [-0.25, -0.2) is 0 Å². The summed E-state index contributed by atoms with van der Waals surface area (Å²) in [4.78, 5) is 30.3. The largest absolute Gasteiger partial charge is 0.459 e. The monoisotopic (exact) mass is 761 g/mol. The van der Waals surface area contributed by atoms with Crippen LogP contribution in [0.3, 0.4) is 0 Å². The van der Waals surface area contributed by atoms with Crippen LogP contribution in [0.5, 0.6) is 0 Å². The molecule has 3 fully saturated rings. The number of aliphatic hydroxyl groups excluding tert-OH is 3. The Morgan fingerprint density at radius 3 is 2.00 bits per heavy atom. The highest BCUT2D eigenvalue weighted by Gasteiger charge is 2.54. The van der Waals surface area contributed by atoms with Crippen molar-refractivity contribution in [2.45, 2.75) is 186 Å². The molecule has 0 spiro atoms. The van der Waals surface area contributed by atoms with Gasteiger partial charge in [-0.1, -0.05) is 34.1 Å². The van der Waals surface area contributed by atoms with Crippen LogP contribution in [0.25, 0.3) is 0 Å². The van der Waals surface area contributed by atoms with Crippen molar-refractivity contribution in [3.05, 3.63) is 0 Å². The molecule has 14 heteroatoms. The third kappa shape index (κ3) is 9.99. The minimum Gasteiger partial charge on any atom is -0.459 e. The van der Waals surface area contributed by atoms with Crippen molar-refractivity contribution in [1.82, 2.24) is 4.90 Å². The average molecular weight is 762 g/mol. The molecule has 3 heterocycles. The number of carbonyl (C=O) groups excluding carboxylic acids is 2. The second kappa shape index (κ2) is 18.3. The number of cyclic esters (lactones) is 1. The fourth-order valence-electron chi connectivity index (χ4n) is 8.70. The molecule has 0 aromatic carbocycles. The Balaban J connectivity index is 2.23. The van der Waals surface area contributed by atoms with Crippen LogP contribution >= 0.6 is 0 Å². The Labute approximate surface area is 317 Å². The number of likely N-dealkylation sites (N-methyl/N-ethyl adjacent to an activating group) is 1. The number of carbonyl (C=O) groups is 2. The summed E-state index contributed by atoms with van der Waals surface area (Å²) in [5, 5.41) is 45.8. The topological polar surface area (TPSA) is 183 Å². The molecule has 310 valence electrons. The van der Waals surface area contributed by atoms with Crippen LogP contribution < -0.4 is 0 Å². The molecule has 14 nitrogen and oxygen atoms in total. The zero-order valence-electron chi connectivity index (χ0n) is 34.6. The van der Waals surface area contributed by atoms with Crippen LogP contribution in [0.4, 0.5) is 0 Å². The molecular weight excluding hydrogens is 690 g/mol. The maximum Gasteiger partial charge on any atom is 0.311 e. The summed E-state index contributed by atoms with van der Waals surface area (Å²) in [6.07, 6.45) is -8.12. The summed E-state index contributed by atoms with van der Waals surface area (Å²) >= 11 is 0. The first-order chi connectivity index (χ1) is 24.5. The Hall–Kier alpha value is -1.30. The van der Waals surface area contributed by atoms with Crippen LogP contribution in [-0.2, 0) is 42.7 Å². The Morgan fingerprint density at radius 2 is 1.45 bits per heavy atom. The first-order valence-corrected chi connectivity index (χ1v) is 19.4. The van der Waals surface area contributed by atoms with Crippen LogP contribution in [0.15, 0.2) is 0 Å². The first-order valence-electron chi connectivity index (χ1n) is 19.4. The van der Waals surface area contributed by atoms with Crippen molar-refractivity contribution in [1.29, 1.82) is 0 Å². The first kappa shape index (κ1) is 46.1. The molecule has 0 saturated carbocycles. The number of rotatable bonds is 9. The minimum absolute atomic E-state index is 0.112. The number of ether oxygens (including phenoxy) is 7. The third-order valence-electron chi connectivity index (χ3n) is 12.4. The minimum atomic E-state index is -1.96. The molecule has 4 N–H and O–H groups in total. The van der Waals surface area contributed by atoms with Crippen molar-refractivity contribution in [3.8, 4) is 0 Å². The number of hydrogen-bond acceptors (Lipinski definition) is 14. The molecule has 0 aromatic rings. The molecule has 3 saturated heterocycles. The standard InChI is InChI=1S/C39H71NO13/c1-15-16-27-39(10,46)32(43)22(4)29(41)20(2)18-38(9,48-14)34(53-36-30(42)26(40(11)12)17-21(3)49-36)23(5)31(24(6)35(45)51-27)52-28-19-37(8,47-13)33(44)25(7)50-28/h20-28,30-34,36,42-44,46H,15-19H2,1-14H3/t20-,21-,22+,23+,24-,25+,26+,27-,28+,30-,31+,32-,33+,34-,36+,37-,38-,39-/m1/s1. The highest BCUT2D eigenvalue weighted by Crippen LogP contribution is 2.42. The average Bonchev–Trinajstić information content (AvgIpc) is 3.10. The maximum absolute atomic E-state index is 14.3.